The Kier molecular flexibility index (Phi) is 1.76. The third kappa shape index (κ3) is 1.14. The first-order chi connectivity index (χ1) is 3.83. The molecule has 0 spiro atoms. The Labute approximate surface area is 56.4 Å². The van der Waals surface area contributed by atoms with Gasteiger partial charge in [-0.15, -0.1) is 0 Å². The van der Waals surface area contributed by atoms with E-state index in [1.807, 2.05) is 0 Å². The minimum absolute atomic E-state index is 0.0527. The second kappa shape index (κ2) is 2.37. The number of carbonyl (C=O) groups excluding carboxylic acids is 1. The summed E-state index contributed by atoms with van der Waals surface area (Å²) in [6, 6.07) is 0. The van der Waals surface area contributed by atoms with Crippen LogP contribution in [0.25, 0.3) is 0 Å². The standard InChI is InChI=1S/C5H3ClOS/c6-3-4-1-2-5(7)8-4/h1-3H/b4-3-. The van der Waals surface area contributed by atoms with Gasteiger partial charge in [-0.05, 0) is 23.9 Å². The van der Waals surface area contributed by atoms with E-state index in [4.69, 9.17) is 11.6 Å². The zero-order valence-electron chi connectivity index (χ0n) is 3.93. The van der Waals surface area contributed by atoms with Crippen LogP contribution in [0.15, 0.2) is 22.6 Å². The third-order valence-corrected chi connectivity index (χ3v) is 1.90. The van der Waals surface area contributed by atoms with Gasteiger partial charge in [-0.25, -0.2) is 0 Å². The van der Waals surface area contributed by atoms with Crippen molar-refractivity contribution < 1.29 is 4.79 Å². The molecule has 1 rings (SSSR count). The minimum atomic E-state index is 0.0527. The third-order valence-electron chi connectivity index (χ3n) is 0.710. The highest BCUT2D eigenvalue weighted by atomic mass is 35.5. The number of halogens is 1. The average Bonchev–Trinajstić information content (AvgIpc) is 2.14. The lowest BCUT2D eigenvalue weighted by atomic mass is 10.5. The highest BCUT2D eigenvalue weighted by Crippen LogP contribution is 2.25. The number of rotatable bonds is 0. The molecule has 0 saturated heterocycles. The topological polar surface area (TPSA) is 17.1 Å². The molecule has 0 N–H and O–H groups in total. The van der Waals surface area contributed by atoms with Crippen LogP contribution < -0.4 is 0 Å². The molecule has 0 aromatic heterocycles. The molecule has 0 radical (unpaired) electrons. The summed E-state index contributed by atoms with van der Waals surface area (Å²) in [4.78, 5) is 11.2. The molecule has 0 saturated carbocycles. The summed E-state index contributed by atoms with van der Waals surface area (Å²) in [5, 5.41) is 0.0527. The van der Waals surface area contributed by atoms with Crippen LogP contribution in [0.2, 0.25) is 0 Å². The molecule has 0 aromatic carbocycles. The van der Waals surface area contributed by atoms with Crippen LogP contribution in [-0.2, 0) is 4.79 Å². The van der Waals surface area contributed by atoms with E-state index >= 15 is 0 Å². The number of thioether (sulfide) groups is 1. The van der Waals surface area contributed by atoms with Crippen molar-refractivity contribution in [3.8, 4) is 0 Å². The monoisotopic (exact) mass is 146 g/mol. The van der Waals surface area contributed by atoms with E-state index in [9.17, 15) is 4.79 Å². The SMILES string of the molecule is O=C1C=C/C(=C/Cl)S1. The fourth-order valence-corrected chi connectivity index (χ4v) is 1.15. The summed E-state index contributed by atoms with van der Waals surface area (Å²) in [5.74, 6) is 0. The van der Waals surface area contributed by atoms with Crippen LogP contribution in [0.3, 0.4) is 0 Å². The maximum atomic E-state index is 10.4. The van der Waals surface area contributed by atoms with E-state index in [0.29, 0.717) is 0 Å². The van der Waals surface area contributed by atoms with Gasteiger partial charge in [-0.1, -0.05) is 11.6 Å². The molecule has 1 aliphatic heterocycles. The Hall–Kier alpha value is -0.210. The fraction of sp³-hybridized carbons (Fsp3) is 0. The van der Waals surface area contributed by atoms with E-state index in [-0.39, 0.29) is 5.12 Å². The predicted molar refractivity (Wildman–Crippen MR) is 35.7 cm³/mol. The second-order valence-electron chi connectivity index (χ2n) is 1.27. The van der Waals surface area contributed by atoms with E-state index in [1.165, 1.54) is 11.6 Å². The zero-order chi connectivity index (χ0) is 5.98. The van der Waals surface area contributed by atoms with Crippen LogP contribution in [-0.4, -0.2) is 5.12 Å². The maximum absolute atomic E-state index is 10.4. The largest absolute Gasteiger partial charge is 0.282 e. The maximum Gasteiger partial charge on any atom is 0.216 e. The molecule has 0 fully saturated rings. The predicted octanol–water partition coefficient (Wildman–Crippen LogP) is 1.90. The number of hydrogen-bond acceptors (Lipinski definition) is 2. The smallest absolute Gasteiger partial charge is 0.216 e. The lowest BCUT2D eigenvalue weighted by Gasteiger charge is -1.81. The molecule has 1 nitrogen and oxygen atoms in total. The van der Waals surface area contributed by atoms with Crippen molar-refractivity contribution in [1.82, 2.24) is 0 Å². The fourth-order valence-electron chi connectivity index (χ4n) is 0.393. The van der Waals surface area contributed by atoms with Gasteiger partial charge in [0.1, 0.15) is 0 Å². The van der Waals surface area contributed by atoms with Crippen molar-refractivity contribution in [2.75, 3.05) is 0 Å². The highest BCUT2D eigenvalue weighted by molar-refractivity contribution is 8.17. The molecule has 0 atom stereocenters. The van der Waals surface area contributed by atoms with Crippen LogP contribution in [0.4, 0.5) is 0 Å². The molecule has 0 unspecified atom stereocenters. The molecule has 1 heterocycles. The van der Waals surface area contributed by atoms with Crippen molar-refractivity contribution in [3.63, 3.8) is 0 Å². The lowest BCUT2D eigenvalue weighted by molar-refractivity contribution is -0.106. The number of carbonyl (C=O) groups is 1. The Balaban J connectivity index is 2.73. The van der Waals surface area contributed by atoms with E-state index in [2.05, 4.69) is 0 Å². The molecule has 42 valence electrons. The summed E-state index contributed by atoms with van der Waals surface area (Å²) in [6.07, 6.45) is 3.19. The van der Waals surface area contributed by atoms with Crippen molar-refractivity contribution in [3.05, 3.63) is 22.6 Å². The zero-order valence-corrected chi connectivity index (χ0v) is 5.50. The van der Waals surface area contributed by atoms with Gasteiger partial charge in [0.05, 0.1) is 0 Å². The van der Waals surface area contributed by atoms with Crippen LogP contribution in [0.5, 0.6) is 0 Å². The van der Waals surface area contributed by atoms with Crippen LogP contribution >= 0.6 is 23.4 Å². The molecule has 0 aliphatic carbocycles. The lowest BCUT2D eigenvalue weighted by Crippen LogP contribution is -1.72. The van der Waals surface area contributed by atoms with Crippen molar-refractivity contribution in [2.45, 2.75) is 0 Å². The summed E-state index contributed by atoms with van der Waals surface area (Å²) >= 11 is 6.43. The van der Waals surface area contributed by atoms with Crippen molar-refractivity contribution in [1.29, 1.82) is 0 Å². The molecule has 0 aromatic rings. The molecular weight excluding hydrogens is 144 g/mol. The first kappa shape index (κ1) is 5.92. The van der Waals surface area contributed by atoms with Crippen molar-refractivity contribution in [2.24, 2.45) is 0 Å². The Morgan fingerprint density at radius 2 is 2.38 bits per heavy atom. The first-order valence-corrected chi connectivity index (χ1v) is 3.28. The van der Waals surface area contributed by atoms with Gasteiger partial charge in [-0.3, -0.25) is 4.79 Å². The number of allylic oxidation sites excluding steroid dienone is 1. The Morgan fingerprint density at radius 3 is 2.62 bits per heavy atom. The van der Waals surface area contributed by atoms with Gasteiger partial charge in [0.2, 0.25) is 5.12 Å². The van der Waals surface area contributed by atoms with Gasteiger partial charge >= 0.3 is 0 Å². The average molecular weight is 147 g/mol. The molecule has 0 bridgehead atoms. The highest BCUT2D eigenvalue weighted by Gasteiger charge is 2.07. The summed E-state index contributed by atoms with van der Waals surface area (Å²) < 4.78 is 0. The van der Waals surface area contributed by atoms with Crippen LogP contribution in [0, 0.1) is 0 Å². The molecule has 0 amide bonds. The molecule has 3 heteroatoms. The quantitative estimate of drug-likeness (QED) is 0.519. The summed E-state index contributed by atoms with van der Waals surface area (Å²) in [7, 11) is 0. The van der Waals surface area contributed by atoms with Gasteiger partial charge < -0.3 is 0 Å². The molecule has 8 heavy (non-hydrogen) atoms. The van der Waals surface area contributed by atoms with E-state index in [1.54, 1.807) is 6.08 Å². The Morgan fingerprint density at radius 1 is 1.62 bits per heavy atom. The van der Waals surface area contributed by atoms with E-state index < -0.39 is 0 Å². The van der Waals surface area contributed by atoms with Crippen molar-refractivity contribution >= 4 is 28.5 Å². The van der Waals surface area contributed by atoms with E-state index in [0.717, 1.165) is 16.7 Å². The van der Waals surface area contributed by atoms with Gasteiger partial charge in [-0.2, -0.15) is 0 Å². The Bertz CT molecular complexity index is 171. The van der Waals surface area contributed by atoms with Gasteiger partial charge in [0, 0.05) is 10.4 Å². The summed E-state index contributed by atoms with van der Waals surface area (Å²) in [6.45, 7) is 0. The summed E-state index contributed by atoms with van der Waals surface area (Å²) in [5.41, 5.74) is 1.39. The van der Waals surface area contributed by atoms with Gasteiger partial charge in [0.25, 0.3) is 0 Å². The second-order valence-corrected chi connectivity index (χ2v) is 2.56. The minimum Gasteiger partial charge on any atom is -0.282 e. The van der Waals surface area contributed by atoms with Gasteiger partial charge in [0.15, 0.2) is 0 Å². The molecular formula is C5H3ClOS. The normalized spacial score (nSPS) is 23.1. The number of hydrogen-bond donors (Lipinski definition) is 0. The first-order valence-electron chi connectivity index (χ1n) is 2.03. The van der Waals surface area contributed by atoms with Crippen LogP contribution in [0.1, 0.15) is 0 Å². The molecule has 1 aliphatic rings.